The minimum absolute atomic E-state index is 0.0327. The van der Waals surface area contributed by atoms with Crippen LogP contribution >= 0.6 is 0 Å². The van der Waals surface area contributed by atoms with E-state index in [1.54, 1.807) is 25.7 Å². The zero-order chi connectivity index (χ0) is 20.1. The lowest BCUT2D eigenvalue weighted by Gasteiger charge is -2.32. The normalized spacial score (nSPS) is 14.1. The molecule has 0 bridgehead atoms. The Morgan fingerprint density at radius 1 is 1.15 bits per heavy atom. The zero-order valence-corrected chi connectivity index (χ0v) is 17.1. The average Bonchev–Trinajstić information content (AvgIpc) is 2.84. The number of hydrogen-bond acceptors (Lipinski definition) is 5. The third kappa shape index (κ3) is 4.97. The molecule has 1 N–H and O–H groups in total. The summed E-state index contributed by atoms with van der Waals surface area (Å²) >= 11 is 0. The first-order chi connectivity index (χ1) is 12.8. The highest BCUT2D eigenvalue weighted by Crippen LogP contribution is 2.28. The summed E-state index contributed by atoms with van der Waals surface area (Å²) in [5.74, 6) is -0.508. The number of nitrogens with zero attached hydrogens (tertiary/aromatic N) is 2. The van der Waals surface area contributed by atoms with Crippen molar-refractivity contribution in [3.63, 3.8) is 0 Å². The third-order valence-electron chi connectivity index (χ3n) is 5.11. The highest BCUT2D eigenvalue weighted by Gasteiger charge is 2.31. The van der Waals surface area contributed by atoms with Gasteiger partial charge in [0.15, 0.2) is 5.78 Å². The monoisotopic (exact) mass is 377 g/mol. The van der Waals surface area contributed by atoms with Gasteiger partial charge in [-0.3, -0.25) is 9.59 Å². The molecule has 1 heterocycles. The van der Waals surface area contributed by atoms with Crippen LogP contribution in [0.4, 0.5) is 0 Å². The molecule has 0 radical (unpaired) electrons. The van der Waals surface area contributed by atoms with Crippen molar-refractivity contribution in [2.24, 2.45) is 5.92 Å². The maximum atomic E-state index is 13.0. The smallest absolute Gasteiger partial charge is 0.355 e. The van der Waals surface area contributed by atoms with E-state index in [4.69, 9.17) is 4.74 Å². The summed E-state index contributed by atoms with van der Waals surface area (Å²) in [5.41, 5.74) is 2.00. The Morgan fingerprint density at radius 3 is 2.33 bits per heavy atom. The van der Waals surface area contributed by atoms with Crippen molar-refractivity contribution in [3.8, 4) is 0 Å². The van der Waals surface area contributed by atoms with Crippen molar-refractivity contribution in [1.29, 1.82) is 0 Å². The molecule has 0 aliphatic heterocycles. The SMILES string of the molecule is CCOC(=O)c1[nH]c(C)c(C(=O)CN(CCN(C)C)C(=O)C2CCC2)c1C. The van der Waals surface area contributed by atoms with Crippen LogP contribution in [0.25, 0.3) is 0 Å². The number of H-pyrrole nitrogens is 1. The predicted octanol–water partition coefficient (Wildman–Crippen LogP) is 2.18. The number of carbonyl (C=O) groups is 3. The maximum Gasteiger partial charge on any atom is 0.355 e. The number of nitrogens with one attached hydrogen (secondary N) is 1. The number of aromatic nitrogens is 1. The van der Waals surface area contributed by atoms with Gasteiger partial charge in [-0.1, -0.05) is 6.42 Å². The Labute approximate surface area is 161 Å². The van der Waals surface area contributed by atoms with E-state index in [-0.39, 0.29) is 30.8 Å². The van der Waals surface area contributed by atoms with Crippen LogP contribution in [0.5, 0.6) is 0 Å². The van der Waals surface area contributed by atoms with E-state index in [0.717, 1.165) is 19.3 Å². The van der Waals surface area contributed by atoms with E-state index in [0.29, 0.717) is 35.6 Å². The number of rotatable bonds is 9. The van der Waals surface area contributed by atoms with Crippen molar-refractivity contribution in [1.82, 2.24) is 14.8 Å². The van der Waals surface area contributed by atoms with E-state index in [1.807, 2.05) is 19.0 Å². The van der Waals surface area contributed by atoms with Crippen molar-refractivity contribution in [2.75, 3.05) is 40.3 Å². The van der Waals surface area contributed by atoms with Gasteiger partial charge in [0, 0.05) is 30.3 Å². The van der Waals surface area contributed by atoms with Gasteiger partial charge in [0.1, 0.15) is 5.69 Å². The number of likely N-dealkylation sites (N-methyl/N-ethyl adjacent to an activating group) is 1. The van der Waals surface area contributed by atoms with Crippen LogP contribution in [0, 0.1) is 19.8 Å². The molecule has 7 nitrogen and oxygen atoms in total. The molecule has 0 unspecified atom stereocenters. The van der Waals surface area contributed by atoms with E-state index in [1.165, 1.54) is 0 Å². The number of esters is 1. The number of aromatic amines is 1. The quantitative estimate of drug-likeness (QED) is 0.527. The number of ketones is 1. The molecule has 0 spiro atoms. The molecular formula is C20H31N3O4. The number of hydrogen-bond donors (Lipinski definition) is 1. The number of carbonyl (C=O) groups excluding carboxylic acids is 3. The molecule has 27 heavy (non-hydrogen) atoms. The van der Waals surface area contributed by atoms with Crippen molar-refractivity contribution in [2.45, 2.75) is 40.0 Å². The Morgan fingerprint density at radius 2 is 1.81 bits per heavy atom. The first-order valence-electron chi connectivity index (χ1n) is 9.59. The van der Waals surface area contributed by atoms with E-state index in [9.17, 15) is 14.4 Å². The summed E-state index contributed by atoms with van der Waals surface area (Å²) < 4.78 is 5.04. The van der Waals surface area contributed by atoms with Gasteiger partial charge in [-0.2, -0.15) is 0 Å². The van der Waals surface area contributed by atoms with E-state index in [2.05, 4.69) is 4.98 Å². The largest absolute Gasteiger partial charge is 0.461 e. The molecule has 1 amide bonds. The average molecular weight is 377 g/mol. The van der Waals surface area contributed by atoms with E-state index >= 15 is 0 Å². The second kappa shape index (κ2) is 9.17. The molecule has 1 fully saturated rings. The molecule has 1 aromatic heterocycles. The second-order valence-electron chi connectivity index (χ2n) is 7.46. The van der Waals surface area contributed by atoms with Gasteiger partial charge in [0.05, 0.1) is 13.2 Å². The standard InChI is InChI=1S/C20H31N3O4/c1-6-27-20(26)18-13(2)17(14(3)21-18)16(24)12-23(11-10-22(4)5)19(25)15-8-7-9-15/h15,21H,6-12H2,1-5H3. The molecule has 0 atom stereocenters. The molecule has 2 rings (SSSR count). The van der Waals surface area contributed by atoms with Gasteiger partial charge in [-0.25, -0.2) is 4.79 Å². The minimum atomic E-state index is -0.466. The highest BCUT2D eigenvalue weighted by molar-refractivity contribution is 6.04. The summed E-state index contributed by atoms with van der Waals surface area (Å²) in [6.07, 6.45) is 2.88. The number of ether oxygens (including phenoxy) is 1. The van der Waals surface area contributed by atoms with Crippen LogP contribution in [-0.4, -0.2) is 72.8 Å². The molecule has 1 aromatic rings. The highest BCUT2D eigenvalue weighted by atomic mass is 16.5. The Kier molecular flexibility index (Phi) is 7.18. The van der Waals surface area contributed by atoms with Crippen LogP contribution in [0.15, 0.2) is 0 Å². The van der Waals surface area contributed by atoms with Crippen LogP contribution in [-0.2, 0) is 9.53 Å². The van der Waals surface area contributed by atoms with Gasteiger partial charge in [-0.05, 0) is 53.3 Å². The Bertz CT molecular complexity index is 704. The van der Waals surface area contributed by atoms with Crippen molar-refractivity contribution < 1.29 is 19.1 Å². The molecule has 1 saturated carbocycles. The lowest BCUT2D eigenvalue weighted by atomic mass is 9.84. The minimum Gasteiger partial charge on any atom is -0.461 e. The van der Waals surface area contributed by atoms with Crippen LogP contribution in [0.1, 0.15) is 58.3 Å². The maximum absolute atomic E-state index is 13.0. The number of amides is 1. The zero-order valence-electron chi connectivity index (χ0n) is 17.1. The summed E-state index contributed by atoms with van der Waals surface area (Å²) in [6.45, 7) is 6.76. The fraction of sp³-hybridized carbons (Fsp3) is 0.650. The molecule has 0 saturated heterocycles. The Hall–Kier alpha value is -2.15. The lowest BCUT2D eigenvalue weighted by Crippen LogP contribution is -2.44. The van der Waals surface area contributed by atoms with Crippen molar-refractivity contribution >= 4 is 17.7 Å². The molecule has 1 aliphatic carbocycles. The van der Waals surface area contributed by atoms with Gasteiger partial charge in [-0.15, -0.1) is 0 Å². The first kappa shape index (κ1) is 21.2. The van der Waals surface area contributed by atoms with Gasteiger partial charge >= 0.3 is 5.97 Å². The van der Waals surface area contributed by atoms with Crippen LogP contribution < -0.4 is 0 Å². The fourth-order valence-electron chi connectivity index (χ4n) is 3.33. The third-order valence-corrected chi connectivity index (χ3v) is 5.11. The predicted molar refractivity (Wildman–Crippen MR) is 103 cm³/mol. The summed E-state index contributed by atoms with van der Waals surface area (Å²) in [7, 11) is 3.89. The molecule has 7 heteroatoms. The second-order valence-corrected chi connectivity index (χ2v) is 7.46. The van der Waals surface area contributed by atoms with Gasteiger partial charge in [0.25, 0.3) is 0 Å². The van der Waals surface area contributed by atoms with E-state index < -0.39 is 5.97 Å². The van der Waals surface area contributed by atoms with Crippen molar-refractivity contribution in [3.05, 3.63) is 22.5 Å². The van der Waals surface area contributed by atoms with Gasteiger partial charge < -0.3 is 19.5 Å². The van der Waals surface area contributed by atoms with Crippen LogP contribution in [0.2, 0.25) is 0 Å². The number of Topliss-reactive ketones (excluding diaryl/α,β-unsaturated/α-hetero) is 1. The topological polar surface area (TPSA) is 82.7 Å². The summed E-state index contributed by atoms with van der Waals surface area (Å²) in [6, 6.07) is 0. The Balaban J connectivity index is 2.18. The van der Waals surface area contributed by atoms with Crippen LogP contribution in [0.3, 0.4) is 0 Å². The van der Waals surface area contributed by atoms with Gasteiger partial charge in [0.2, 0.25) is 5.91 Å². The lowest BCUT2D eigenvalue weighted by molar-refractivity contribution is -0.137. The molecule has 1 aliphatic rings. The fourth-order valence-corrected chi connectivity index (χ4v) is 3.33. The summed E-state index contributed by atoms with van der Waals surface area (Å²) in [5, 5.41) is 0. The molecule has 0 aromatic carbocycles. The summed E-state index contributed by atoms with van der Waals surface area (Å²) in [4.78, 5) is 44.4. The number of aryl methyl sites for hydroxylation is 1. The first-order valence-corrected chi connectivity index (χ1v) is 9.59. The molecule has 150 valence electrons. The molecular weight excluding hydrogens is 346 g/mol.